The second-order valence-corrected chi connectivity index (χ2v) is 7.24. The van der Waals surface area contributed by atoms with Crippen molar-refractivity contribution in [1.82, 2.24) is 5.32 Å². The lowest BCUT2D eigenvalue weighted by Crippen LogP contribution is -2.41. The molecule has 3 rings (SSSR count). The van der Waals surface area contributed by atoms with E-state index in [9.17, 15) is 18.0 Å². The third-order valence-electron chi connectivity index (χ3n) is 5.16. The third-order valence-corrected chi connectivity index (χ3v) is 5.16. The van der Waals surface area contributed by atoms with Crippen LogP contribution in [0, 0.1) is 0 Å². The summed E-state index contributed by atoms with van der Waals surface area (Å²) in [6.45, 7) is 0. The number of nitrogens with one attached hydrogen (secondary N) is 2. The molecule has 29 heavy (non-hydrogen) atoms. The Morgan fingerprint density at radius 2 is 1.79 bits per heavy atom. The van der Waals surface area contributed by atoms with Crippen LogP contribution in [0.4, 0.5) is 18.9 Å². The lowest BCUT2D eigenvalue weighted by atomic mass is 9.94. The van der Waals surface area contributed by atoms with Gasteiger partial charge in [-0.05, 0) is 37.1 Å². The Hall–Kier alpha value is -2.70. The molecule has 4 nitrogen and oxygen atoms in total. The fourth-order valence-corrected chi connectivity index (χ4v) is 3.67. The fraction of sp³-hybridized carbons (Fsp3) is 0.409. The molecule has 0 aromatic heterocycles. The van der Waals surface area contributed by atoms with Gasteiger partial charge in [-0.2, -0.15) is 13.2 Å². The molecule has 2 aromatic carbocycles. The number of carbonyl (C=O) groups excluding carboxylic acids is 1. The summed E-state index contributed by atoms with van der Waals surface area (Å²) in [4.78, 5) is 13.1. The van der Waals surface area contributed by atoms with Gasteiger partial charge >= 0.3 is 6.18 Å². The van der Waals surface area contributed by atoms with Gasteiger partial charge in [-0.3, -0.25) is 4.79 Å². The minimum atomic E-state index is -4.46. The van der Waals surface area contributed by atoms with Crippen LogP contribution in [-0.2, 0) is 11.0 Å². The van der Waals surface area contributed by atoms with Gasteiger partial charge in [0.25, 0.3) is 0 Å². The second kappa shape index (κ2) is 9.20. The highest BCUT2D eigenvalue weighted by Crippen LogP contribution is 2.33. The van der Waals surface area contributed by atoms with E-state index in [0.717, 1.165) is 44.2 Å². The molecule has 1 fully saturated rings. The maximum atomic E-state index is 13.1. The van der Waals surface area contributed by atoms with Crippen molar-refractivity contribution in [2.24, 2.45) is 0 Å². The average Bonchev–Trinajstić information content (AvgIpc) is 2.72. The summed E-state index contributed by atoms with van der Waals surface area (Å²) in [7, 11) is 1.50. The number of alkyl halides is 3. The Morgan fingerprint density at radius 1 is 1.07 bits per heavy atom. The van der Waals surface area contributed by atoms with Crippen LogP contribution >= 0.6 is 0 Å². The van der Waals surface area contributed by atoms with Crippen LogP contribution in [-0.4, -0.2) is 19.1 Å². The summed E-state index contributed by atoms with van der Waals surface area (Å²) in [5.41, 5.74) is 0.0178. The van der Waals surface area contributed by atoms with Crippen molar-refractivity contribution >= 4 is 11.6 Å². The first-order valence-electron chi connectivity index (χ1n) is 9.75. The van der Waals surface area contributed by atoms with Crippen LogP contribution < -0.4 is 15.4 Å². The molecule has 1 amide bonds. The Morgan fingerprint density at radius 3 is 2.48 bits per heavy atom. The van der Waals surface area contributed by atoms with E-state index in [4.69, 9.17) is 4.74 Å². The summed E-state index contributed by atoms with van der Waals surface area (Å²) in [5.74, 6) is 0.217. The van der Waals surface area contributed by atoms with Crippen LogP contribution in [0.25, 0.3) is 0 Å². The number of hydrogen-bond donors (Lipinski definition) is 2. The number of para-hydroxylation sites is 1. The summed E-state index contributed by atoms with van der Waals surface area (Å²) in [6, 6.07) is 11.1. The predicted molar refractivity (Wildman–Crippen MR) is 106 cm³/mol. The third kappa shape index (κ3) is 5.43. The normalized spacial score (nSPS) is 16.1. The summed E-state index contributed by atoms with van der Waals surface area (Å²) in [5, 5.41) is 6.03. The predicted octanol–water partition coefficient (Wildman–Crippen LogP) is 5.32. The molecule has 0 heterocycles. The number of halogens is 3. The number of anilines is 1. The van der Waals surface area contributed by atoms with Gasteiger partial charge in [-0.15, -0.1) is 0 Å². The topological polar surface area (TPSA) is 50.4 Å². The van der Waals surface area contributed by atoms with Gasteiger partial charge in [-0.1, -0.05) is 43.5 Å². The van der Waals surface area contributed by atoms with Crippen LogP contribution in [0.2, 0.25) is 0 Å². The first-order valence-corrected chi connectivity index (χ1v) is 9.75. The van der Waals surface area contributed by atoms with Crippen molar-refractivity contribution in [2.45, 2.75) is 50.4 Å². The Kier molecular flexibility index (Phi) is 6.67. The standard InChI is InChI=1S/C22H25F3N2O2/c1-29-19-13-6-5-12-18(19)20(21(28)27-16-9-3-2-4-10-16)26-17-11-7-8-15(14-17)22(23,24)25/h5-8,11-14,16,20,26H,2-4,9-10H2,1H3,(H,27,28). The van der Waals surface area contributed by atoms with Crippen LogP contribution in [0.15, 0.2) is 48.5 Å². The zero-order valence-corrected chi connectivity index (χ0v) is 16.3. The fourth-order valence-electron chi connectivity index (χ4n) is 3.67. The SMILES string of the molecule is COc1ccccc1C(Nc1cccc(C(F)(F)F)c1)C(=O)NC1CCCCC1. The number of methoxy groups -OCH3 is 1. The lowest BCUT2D eigenvalue weighted by Gasteiger charge is -2.27. The Balaban J connectivity index is 1.89. The molecule has 7 heteroatoms. The molecule has 0 spiro atoms. The Labute approximate surface area is 168 Å². The number of amides is 1. The average molecular weight is 406 g/mol. The quantitative estimate of drug-likeness (QED) is 0.683. The molecule has 0 saturated heterocycles. The monoisotopic (exact) mass is 406 g/mol. The van der Waals surface area contributed by atoms with E-state index in [1.54, 1.807) is 24.3 Å². The summed E-state index contributed by atoms with van der Waals surface area (Å²) < 4.78 is 44.6. The molecule has 156 valence electrons. The van der Waals surface area contributed by atoms with Crippen LogP contribution in [0.3, 0.4) is 0 Å². The molecule has 2 N–H and O–H groups in total. The number of rotatable bonds is 6. The van der Waals surface area contributed by atoms with E-state index in [1.165, 1.54) is 19.2 Å². The first kappa shape index (κ1) is 21.0. The van der Waals surface area contributed by atoms with Crippen LogP contribution in [0.1, 0.15) is 49.3 Å². The van der Waals surface area contributed by atoms with Crippen molar-refractivity contribution in [1.29, 1.82) is 0 Å². The maximum absolute atomic E-state index is 13.1. The van der Waals surface area contributed by atoms with Crippen LogP contribution in [0.5, 0.6) is 5.75 Å². The smallest absolute Gasteiger partial charge is 0.416 e. The molecular formula is C22H25F3N2O2. The van der Waals surface area contributed by atoms with Crippen molar-refractivity contribution < 1.29 is 22.7 Å². The minimum absolute atomic E-state index is 0.0803. The number of carbonyl (C=O) groups is 1. The zero-order chi connectivity index (χ0) is 20.9. The van der Waals surface area contributed by atoms with Gasteiger partial charge in [0.1, 0.15) is 11.8 Å². The molecule has 1 aliphatic rings. The molecule has 2 aromatic rings. The van der Waals surface area contributed by atoms with E-state index in [-0.39, 0.29) is 17.6 Å². The largest absolute Gasteiger partial charge is 0.496 e. The van der Waals surface area contributed by atoms with E-state index in [1.807, 2.05) is 0 Å². The van der Waals surface area contributed by atoms with Crippen molar-refractivity contribution in [3.63, 3.8) is 0 Å². The molecule has 1 unspecified atom stereocenters. The van der Waals surface area contributed by atoms with Crippen molar-refractivity contribution in [3.8, 4) is 5.75 Å². The van der Waals surface area contributed by atoms with E-state index in [2.05, 4.69) is 10.6 Å². The van der Waals surface area contributed by atoms with Gasteiger partial charge in [0.05, 0.1) is 12.7 Å². The zero-order valence-electron chi connectivity index (χ0n) is 16.3. The highest BCUT2D eigenvalue weighted by molar-refractivity contribution is 5.87. The first-order chi connectivity index (χ1) is 13.9. The van der Waals surface area contributed by atoms with Gasteiger partial charge < -0.3 is 15.4 Å². The molecule has 1 aliphatic carbocycles. The van der Waals surface area contributed by atoms with Crippen molar-refractivity contribution in [3.05, 3.63) is 59.7 Å². The number of ether oxygens (including phenoxy) is 1. The number of hydrogen-bond acceptors (Lipinski definition) is 3. The van der Waals surface area contributed by atoms with E-state index < -0.39 is 17.8 Å². The molecule has 0 radical (unpaired) electrons. The van der Waals surface area contributed by atoms with Gasteiger partial charge in [0.15, 0.2) is 0 Å². The molecule has 1 atom stereocenters. The Bertz CT molecular complexity index is 833. The molecule has 1 saturated carbocycles. The van der Waals surface area contributed by atoms with Gasteiger partial charge in [-0.25, -0.2) is 0 Å². The molecular weight excluding hydrogens is 381 g/mol. The minimum Gasteiger partial charge on any atom is -0.496 e. The summed E-state index contributed by atoms with van der Waals surface area (Å²) in [6.07, 6.45) is 0.644. The summed E-state index contributed by atoms with van der Waals surface area (Å²) >= 11 is 0. The second-order valence-electron chi connectivity index (χ2n) is 7.24. The highest BCUT2D eigenvalue weighted by Gasteiger charge is 2.31. The number of benzene rings is 2. The van der Waals surface area contributed by atoms with Gasteiger partial charge in [0.2, 0.25) is 5.91 Å². The molecule has 0 aliphatic heterocycles. The highest BCUT2D eigenvalue weighted by atomic mass is 19.4. The van der Waals surface area contributed by atoms with E-state index in [0.29, 0.717) is 11.3 Å². The van der Waals surface area contributed by atoms with Gasteiger partial charge in [0, 0.05) is 17.3 Å². The maximum Gasteiger partial charge on any atom is 0.416 e. The lowest BCUT2D eigenvalue weighted by molar-refractivity contribution is -0.137. The van der Waals surface area contributed by atoms with E-state index >= 15 is 0 Å². The molecule has 0 bridgehead atoms. The van der Waals surface area contributed by atoms with Crippen molar-refractivity contribution in [2.75, 3.05) is 12.4 Å².